The second-order valence-corrected chi connectivity index (χ2v) is 5.93. The number of hydrogen-bond donors (Lipinski definition) is 0. The molecule has 0 saturated heterocycles. The SMILES string of the molecule is CCCCCC(Br)c1cc(C)c(Cl)cc1C. The zero-order chi connectivity index (χ0) is 12.1. The highest BCUT2D eigenvalue weighted by molar-refractivity contribution is 9.09. The summed E-state index contributed by atoms with van der Waals surface area (Å²) in [6.07, 6.45) is 5.08. The van der Waals surface area contributed by atoms with E-state index in [0.29, 0.717) is 4.83 Å². The summed E-state index contributed by atoms with van der Waals surface area (Å²) in [6, 6.07) is 4.28. The van der Waals surface area contributed by atoms with Crippen LogP contribution in [0.3, 0.4) is 0 Å². The molecule has 0 nitrogen and oxygen atoms in total. The van der Waals surface area contributed by atoms with E-state index in [9.17, 15) is 0 Å². The summed E-state index contributed by atoms with van der Waals surface area (Å²) in [6.45, 7) is 6.44. The van der Waals surface area contributed by atoms with Crippen molar-refractivity contribution in [1.29, 1.82) is 0 Å². The second kappa shape index (κ2) is 6.66. The molecule has 0 spiro atoms. The van der Waals surface area contributed by atoms with Gasteiger partial charge in [0, 0.05) is 9.85 Å². The molecule has 0 aliphatic heterocycles. The zero-order valence-electron chi connectivity index (χ0n) is 10.3. The third-order valence-corrected chi connectivity index (χ3v) is 4.30. The molecule has 0 N–H and O–H groups in total. The number of alkyl halides is 1. The Labute approximate surface area is 113 Å². The van der Waals surface area contributed by atoms with Crippen molar-refractivity contribution < 1.29 is 0 Å². The van der Waals surface area contributed by atoms with Gasteiger partial charge < -0.3 is 0 Å². The molecule has 2 heteroatoms. The van der Waals surface area contributed by atoms with Crippen LogP contribution in [-0.2, 0) is 0 Å². The first-order valence-corrected chi connectivity index (χ1v) is 7.26. The van der Waals surface area contributed by atoms with Gasteiger partial charge in [0.05, 0.1) is 0 Å². The maximum atomic E-state index is 6.10. The lowest BCUT2D eigenvalue weighted by molar-refractivity contribution is 0.662. The first-order chi connectivity index (χ1) is 7.56. The molecule has 0 aliphatic carbocycles. The van der Waals surface area contributed by atoms with E-state index >= 15 is 0 Å². The molecule has 1 aromatic carbocycles. The summed E-state index contributed by atoms with van der Waals surface area (Å²) < 4.78 is 0. The van der Waals surface area contributed by atoms with Crippen LogP contribution < -0.4 is 0 Å². The van der Waals surface area contributed by atoms with Gasteiger partial charge in [-0.25, -0.2) is 0 Å². The minimum Gasteiger partial charge on any atom is -0.0840 e. The third kappa shape index (κ3) is 3.78. The molecule has 0 aromatic heterocycles. The summed E-state index contributed by atoms with van der Waals surface area (Å²) in [5, 5.41) is 0.870. The van der Waals surface area contributed by atoms with Crippen molar-refractivity contribution in [2.45, 2.75) is 51.3 Å². The van der Waals surface area contributed by atoms with Crippen LogP contribution in [0.25, 0.3) is 0 Å². The number of halogens is 2. The Morgan fingerprint density at radius 2 is 1.88 bits per heavy atom. The lowest BCUT2D eigenvalue weighted by Gasteiger charge is -2.14. The van der Waals surface area contributed by atoms with E-state index in [1.165, 1.54) is 42.4 Å². The van der Waals surface area contributed by atoms with Crippen LogP contribution in [0.1, 0.15) is 54.1 Å². The normalized spacial score (nSPS) is 12.8. The molecule has 1 aromatic rings. The van der Waals surface area contributed by atoms with E-state index in [0.717, 1.165) is 5.02 Å². The Morgan fingerprint density at radius 3 is 2.50 bits per heavy atom. The van der Waals surface area contributed by atoms with Gasteiger partial charge in [-0.2, -0.15) is 0 Å². The molecule has 90 valence electrons. The van der Waals surface area contributed by atoms with Crippen LogP contribution in [0.15, 0.2) is 12.1 Å². The fourth-order valence-electron chi connectivity index (χ4n) is 1.87. The fourth-order valence-corrected chi connectivity index (χ4v) is 2.91. The molecule has 16 heavy (non-hydrogen) atoms. The number of aryl methyl sites for hydroxylation is 2. The molecular weight excluding hydrogens is 284 g/mol. The Hall–Kier alpha value is -0.0100. The van der Waals surface area contributed by atoms with Gasteiger partial charge in [-0.3, -0.25) is 0 Å². The van der Waals surface area contributed by atoms with Crippen molar-refractivity contribution >= 4 is 27.5 Å². The molecule has 0 amide bonds. The van der Waals surface area contributed by atoms with Gasteiger partial charge in [-0.15, -0.1) is 0 Å². The fraction of sp³-hybridized carbons (Fsp3) is 0.571. The van der Waals surface area contributed by atoms with Crippen molar-refractivity contribution in [3.63, 3.8) is 0 Å². The van der Waals surface area contributed by atoms with Gasteiger partial charge in [0.2, 0.25) is 0 Å². The highest BCUT2D eigenvalue weighted by Gasteiger charge is 2.11. The highest BCUT2D eigenvalue weighted by Crippen LogP contribution is 2.33. The summed E-state index contributed by atoms with van der Waals surface area (Å²) in [4.78, 5) is 0.468. The summed E-state index contributed by atoms with van der Waals surface area (Å²) in [5.74, 6) is 0. The van der Waals surface area contributed by atoms with E-state index in [1.54, 1.807) is 0 Å². The van der Waals surface area contributed by atoms with Crippen LogP contribution in [0.5, 0.6) is 0 Å². The summed E-state index contributed by atoms with van der Waals surface area (Å²) in [7, 11) is 0. The molecule has 0 saturated carbocycles. The molecule has 1 atom stereocenters. The quantitative estimate of drug-likeness (QED) is 0.464. The van der Waals surface area contributed by atoms with Crippen molar-refractivity contribution in [3.05, 3.63) is 33.8 Å². The Morgan fingerprint density at radius 1 is 1.19 bits per heavy atom. The van der Waals surface area contributed by atoms with Gasteiger partial charge in [-0.05, 0) is 43.0 Å². The first-order valence-electron chi connectivity index (χ1n) is 5.97. The Kier molecular flexibility index (Phi) is 5.85. The maximum absolute atomic E-state index is 6.10. The third-order valence-electron chi connectivity index (χ3n) is 2.95. The lowest BCUT2D eigenvalue weighted by Crippen LogP contribution is -1.95. The van der Waals surface area contributed by atoms with Crippen LogP contribution in [0.4, 0.5) is 0 Å². The molecule has 0 radical (unpaired) electrons. The summed E-state index contributed by atoms with van der Waals surface area (Å²) >= 11 is 9.88. The smallest absolute Gasteiger partial charge is 0.0438 e. The molecule has 0 bridgehead atoms. The van der Waals surface area contributed by atoms with E-state index in [1.807, 2.05) is 0 Å². The van der Waals surface area contributed by atoms with Crippen LogP contribution >= 0.6 is 27.5 Å². The Balaban J connectivity index is 2.75. The molecular formula is C14H20BrCl. The first kappa shape index (κ1) is 14.1. The average Bonchev–Trinajstić information content (AvgIpc) is 2.23. The van der Waals surface area contributed by atoms with E-state index in [2.05, 4.69) is 48.8 Å². The number of rotatable bonds is 5. The van der Waals surface area contributed by atoms with Gasteiger partial charge in [0.15, 0.2) is 0 Å². The monoisotopic (exact) mass is 302 g/mol. The van der Waals surface area contributed by atoms with Crippen molar-refractivity contribution in [2.75, 3.05) is 0 Å². The molecule has 1 unspecified atom stereocenters. The predicted molar refractivity (Wildman–Crippen MR) is 76.7 cm³/mol. The minimum absolute atomic E-state index is 0.468. The largest absolute Gasteiger partial charge is 0.0840 e. The maximum Gasteiger partial charge on any atom is 0.0438 e. The van der Waals surface area contributed by atoms with Gasteiger partial charge >= 0.3 is 0 Å². The highest BCUT2D eigenvalue weighted by atomic mass is 79.9. The van der Waals surface area contributed by atoms with Gasteiger partial charge in [0.1, 0.15) is 0 Å². The number of unbranched alkanes of at least 4 members (excludes halogenated alkanes) is 2. The molecule has 0 fully saturated rings. The molecule has 0 heterocycles. The topological polar surface area (TPSA) is 0 Å². The van der Waals surface area contributed by atoms with Crippen LogP contribution in [0.2, 0.25) is 5.02 Å². The van der Waals surface area contributed by atoms with Crippen molar-refractivity contribution in [3.8, 4) is 0 Å². The van der Waals surface area contributed by atoms with Crippen LogP contribution in [0, 0.1) is 13.8 Å². The van der Waals surface area contributed by atoms with E-state index in [-0.39, 0.29) is 0 Å². The van der Waals surface area contributed by atoms with E-state index in [4.69, 9.17) is 11.6 Å². The lowest BCUT2D eigenvalue weighted by atomic mass is 9.99. The average molecular weight is 304 g/mol. The zero-order valence-corrected chi connectivity index (χ0v) is 12.7. The molecule has 0 aliphatic rings. The minimum atomic E-state index is 0.468. The number of benzene rings is 1. The predicted octanol–water partition coefficient (Wildman–Crippen LogP) is 5.97. The number of hydrogen-bond acceptors (Lipinski definition) is 0. The van der Waals surface area contributed by atoms with E-state index < -0.39 is 0 Å². The standard InChI is InChI=1S/C14H20BrCl/c1-4-5-6-7-13(15)12-8-11(3)14(16)9-10(12)2/h8-9,13H,4-7H2,1-3H3. The van der Waals surface area contributed by atoms with Crippen molar-refractivity contribution in [2.24, 2.45) is 0 Å². The summed E-state index contributed by atoms with van der Waals surface area (Å²) in [5.41, 5.74) is 3.84. The van der Waals surface area contributed by atoms with Gasteiger partial charge in [0.25, 0.3) is 0 Å². The van der Waals surface area contributed by atoms with Crippen LogP contribution in [-0.4, -0.2) is 0 Å². The second-order valence-electron chi connectivity index (χ2n) is 4.42. The molecule has 1 rings (SSSR count). The van der Waals surface area contributed by atoms with Gasteiger partial charge in [-0.1, -0.05) is 59.8 Å². The Bertz CT molecular complexity index is 347. The van der Waals surface area contributed by atoms with Crippen molar-refractivity contribution in [1.82, 2.24) is 0 Å².